The minimum Gasteiger partial charge on any atom is -0.496 e. The molecule has 0 N–H and O–H groups in total. The van der Waals surface area contributed by atoms with Crippen molar-refractivity contribution in [3.8, 4) is 34.4 Å². The SMILES string of the molecule is COc1cc2c(cc1-c1nccn1CCOc1cccc3ccc(C)nc13)OCO2. The lowest BCUT2D eigenvalue weighted by molar-refractivity contribution is 0.174. The highest BCUT2D eigenvalue weighted by molar-refractivity contribution is 5.84. The summed E-state index contributed by atoms with van der Waals surface area (Å²) in [6.45, 7) is 3.29. The summed E-state index contributed by atoms with van der Waals surface area (Å²) >= 11 is 0. The zero-order valence-electron chi connectivity index (χ0n) is 16.8. The highest BCUT2D eigenvalue weighted by Gasteiger charge is 2.21. The van der Waals surface area contributed by atoms with Gasteiger partial charge in [0, 0.05) is 29.5 Å². The van der Waals surface area contributed by atoms with Crippen LogP contribution in [0.5, 0.6) is 23.0 Å². The molecule has 0 fully saturated rings. The molecule has 30 heavy (non-hydrogen) atoms. The fourth-order valence-electron chi connectivity index (χ4n) is 3.59. The van der Waals surface area contributed by atoms with E-state index in [1.54, 1.807) is 13.3 Å². The van der Waals surface area contributed by atoms with Crippen molar-refractivity contribution in [3.63, 3.8) is 0 Å². The number of pyridine rings is 1. The molecule has 1 aliphatic heterocycles. The van der Waals surface area contributed by atoms with Crippen molar-refractivity contribution in [2.75, 3.05) is 20.5 Å². The number of hydrogen-bond donors (Lipinski definition) is 0. The number of nitrogens with zero attached hydrogens (tertiary/aromatic N) is 3. The molecule has 0 aliphatic carbocycles. The Labute approximate surface area is 173 Å². The molecule has 0 saturated heterocycles. The summed E-state index contributed by atoms with van der Waals surface area (Å²) < 4.78 is 24.6. The van der Waals surface area contributed by atoms with Crippen LogP contribution < -0.4 is 18.9 Å². The van der Waals surface area contributed by atoms with E-state index in [1.807, 2.05) is 54.1 Å². The molecule has 0 radical (unpaired) electrons. The molecule has 2 aromatic carbocycles. The van der Waals surface area contributed by atoms with Crippen molar-refractivity contribution in [1.82, 2.24) is 14.5 Å². The van der Waals surface area contributed by atoms with Crippen molar-refractivity contribution in [2.45, 2.75) is 13.5 Å². The van der Waals surface area contributed by atoms with E-state index in [0.717, 1.165) is 33.7 Å². The molecular weight excluding hydrogens is 382 g/mol. The smallest absolute Gasteiger partial charge is 0.231 e. The van der Waals surface area contributed by atoms with Crippen LogP contribution in [0.25, 0.3) is 22.3 Å². The first-order chi connectivity index (χ1) is 14.7. The average Bonchev–Trinajstić information content (AvgIpc) is 3.41. The van der Waals surface area contributed by atoms with Gasteiger partial charge in [-0.15, -0.1) is 0 Å². The molecule has 0 unspecified atom stereocenters. The Morgan fingerprint density at radius 3 is 2.80 bits per heavy atom. The van der Waals surface area contributed by atoms with Gasteiger partial charge in [-0.1, -0.05) is 18.2 Å². The van der Waals surface area contributed by atoms with Gasteiger partial charge in [-0.2, -0.15) is 0 Å². The number of aromatic nitrogens is 3. The van der Waals surface area contributed by atoms with Gasteiger partial charge < -0.3 is 23.5 Å². The quantitative estimate of drug-likeness (QED) is 0.480. The topological polar surface area (TPSA) is 67.6 Å². The number of benzene rings is 2. The Morgan fingerprint density at radius 1 is 1.07 bits per heavy atom. The first-order valence-corrected chi connectivity index (χ1v) is 9.71. The summed E-state index contributed by atoms with van der Waals surface area (Å²) in [5.41, 5.74) is 2.68. The van der Waals surface area contributed by atoms with E-state index in [4.69, 9.17) is 18.9 Å². The van der Waals surface area contributed by atoms with Gasteiger partial charge in [0.05, 0.1) is 19.2 Å². The summed E-state index contributed by atoms with van der Waals surface area (Å²) in [5.74, 6) is 3.60. The van der Waals surface area contributed by atoms with Gasteiger partial charge in [-0.25, -0.2) is 9.97 Å². The van der Waals surface area contributed by atoms with Crippen molar-refractivity contribution in [2.24, 2.45) is 0 Å². The maximum absolute atomic E-state index is 6.08. The molecule has 7 nitrogen and oxygen atoms in total. The number of aryl methyl sites for hydroxylation is 1. The molecule has 152 valence electrons. The van der Waals surface area contributed by atoms with Crippen LogP contribution in [0.15, 0.2) is 54.9 Å². The van der Waals surface area contributed by atoms with Gasteiger partial charge in [0.15, 0.2) is 11.5 Å². The number of fused-ring (bicyclic) bond motifs is 2. The maximum atomic E-state index is 6.08. The molecule has 2 aromatic heterocycles. The van der Waals surface area contributed by atoms with Crippen LogP contribution in [0.4, 0.5) is 0 Å². The van der Waals surface area contributed by atoms with Gasteiger partial charge in [-0.3, -0.25) is 0 Å². The lowest BCUT2D eigenvalue weighted by Crippen LogP contribution is -2.09. The summed E-state index contributed by atoms with van der Waals surface area (Å²) in [5, 5.41) is 1.06. The number of ether oxygens (including phenoxy) is 4. The van der Waals surface area contributed by atoms with Gasteiger partial charge in [0.2, 0.25) is 6.79 Å². The summed E-state index contributed by atoms with van der Waals surface area (Å²) in [7, 11) is 1.63. The van der Waals surface area contributed by atoms with E-state index in [2.05, 4.69) is 16.0 Å². The number of imidazole rings is 1. The first kappa shape index (κ1) is 18.3. The molecular formula is C23H21N3O4. The van der Waals surface area contributed by atoms with Crippen LogP contribution in [-0.4, -0.2) is 35.0 Å². The molecule has 0 saturated carbocycles. The number of rotatable bonds is 6. The van der Waals surface area contributed by atoms with Gasteiger partial charge >= 0.3 is 0 Å². The van der Waals surface area contributed by atoms with E-state index in [0.29, 0.717) is 30.4 Å². The third-order valence-corrected chi connectivity index (χ3v) is 5.06. The second-order valence-electron chi connectivity index (χ2n) is 6.98. The van der Waals surface area contributed by atoms with E-state index in [-0.39, 0.29) is 6.79 Å². The molecule has 3 heterocycles. The lowest BCUT2D eigenvalue weighted by atomic mass is 10.1. The monoisotopic (exact) mass is 403 g/mol. The summed E-state index contributed by atoms with van der Waals surface area (Å²) in [4.78, 5) is 9.15. The van der Waals surface area contributed by atoms with E-state index in [1.165, 1.54) is 0 Å². The number of para-hydroxylation sites is 1. The molecule has 7 heteroatoms. The predicted octanol–water partition coefficient (Wildman–Crippen LogP) is 4.22. The Bertz CT molecular complexity index is 1220. The minimum absolute atomic E-state index is 0.211. The minimum atomic E-state index is 0.211. The van der Waals surface area contributed by atoms with Gasteiger partial charge in [0.1, 0.15) is 29.4 Å². The zero-order valence-corrected chi connectivity index (χ0v) is 16.8. The lowest BCUT2D eigenvalue weighted by Gasteiger charge is -2.13. The number of methoxy groups -OCH3 is 1. The number of hydrogen-bond acceptors (Lipinski definition) is 6. The molecule has 0 bridgehead atoms. The molecule has 4 aromatic rings. The van der Waals surface area contributed by atoms with E-state index in [9.17, 15) is 0 Å². The molecule has 0 amide bonds. The first-order valence-electron chi connectivity index (χ1n) is 9.71. The van der Waals surface area contributed by atoms with Crippen LogP contribution >= 0.6 is 0 Å². The Morgan fingerprint density at radius 2 is 1.93 bits per heavy atom. The average molecular weight is 403 g/mol. The summed E-state index contributed by atoms with van der Waals surface area (Å²) in [6, 6.07) is 13.8. The van der Waals surface area contributed by atoms with Gasteiger partial charge in [-0.05, 0) is 25.1 Å². The Kier molecular flexibility index (Phi) is 4.63. The molecule has 0 atom stereocenters. The largest absolute Gasteiger partial charge is 0.496 e. The highest BCUT2D eigenvalue weighted by atomic mass is 16.7. The Balaban J connectivity index is 1.38. The highest BCUT2D eigenvalue weighted by Crippen LogP contribution is 2.42. The zero-order chi connectivity index (χ0) is 20.5. The molecule has 1 aliphatic rings. The summed E-state index contributed by atoms with van der Waals surface area (Å²) in [6.07, 6.45) is 3.69. The normalized spacial score (nSPS) is 12.3. The standard InChI is InChI=1S/C23H21N3O4/c1-15-6-7-16-4-3-5-18(22(16)25-15)28-11-10-26-9-8-24-23(26)17-12-20-21(30-14-29-20)13-19(17)27-2/h3-9,12-13H,10-11,14H2,1-2H3. The van der Waals surface area contributed by atoms with Crippen molar-refractivity contribution in [1.29, 1.82) is 0 Å². The predicted molar refractivity (Wildman–Crippen MR) is 112 cm³/mol. The van der Waals surface area contributed by atoms with Crippen molar-refractivity contribution in [3.05, 3.63) is 60.6 Å². The molecule has 0 spiro atoms. The van der Waals surface area contributed by atoms with Crippen LogP contribution in [-0.2, 0) is 6.54 Å². The Hall–Kier alpha value is -3.74. The second kappa shape index (κ2) is 7.59. The van der Waals surface area contributed by atoms with E-state index < -0.39 is 0 Å². The fourth-order valence-corrected chi connectivity index (χ4v) is 3.59. The van der Waals surface area contributed by atoms with Gasteiger partial charge in [0.25, 0.3) is 0 Å². The van der Waals surface area contributed by atoms with Crippen LogP contribution in [0.3, 0.4) is 0 Å². The third-order valence-electron chi connectivity index (χ3n) is 5.06. The van der Waals surface area contributed by atoms with Crippen LogP contribution in [0.2, 0.25) is 0 Å². The third kappa shape index (κ3) is 3.28. The fraction of sp³-hybridized carbons (Fsp3) is 0.217. The van der Waals surface area contributed by atoms with Crippen molar-refractivity contribution >= 4 is 10.9 Å². The molecule has 5 rings (SSSR count). The maximum Gasteiger partial charge on any atom is 0.231 e. The van der Waals surface area contributed by atoms with E-state index >= 15 is 0 Å². The second-order valence-corrected chi connectivity index (χ2v) is 6.98. The van der Waals surface area contributed by atoms with Crippen molar-refractivity contribution < 1.29 is 18.9 Å². The van der Waals surface area contributed by atoms with Crippen LogP contribution in [0.1, 0.15) is 5.69 Å². The van der Waals surface area contributed by atoms with Crippen LogP contribution in [0, 0.1) is 6.92 Å².